The lowest BCUT2D eigenvalue weighted by Gasteiger charge is -2.58. The zero-order valence-electron chi connectivity index (χ0n) is 63.0. The van der Waals surface area contributed by atoms with Crippen LogP contribution in [0.5, 0.6) is 0 Å². The number of nitrogens with one attached hydrogen (secondary N) is 1. The fourth-order valence-corrected chi connectivity index (χ4v) is 21.8. The van der Waals surface area contributed by atoms with Crippen LogP contribution in [-0.4, -0.2) is 75.5 Å². The number of alkyl carbamates (subject to hydrolysis) is 1. The molecule has 10 rings (SSSR count). The number of ether oxygens (including phenoxy) is 4. The summed E-state index contributed by atoms with van der Waals surface area (Å²) >= 11 is 0. The lowest BCUT2D eigenvalue weighted by atomic mass is 9.47. The van der Waals surface area contributed by atoms with Gasteiger partial charge in [0.15, 0.2) is 12.4 Å². The molecule has 1 aliphatic heterocycles. The van der Waals surface area contributed by atoms with Crippen molar-refractivity contribution in [1.29, 1.82) is 0 Å². The third kappa shape index (κ3) is 17.9. The minimum Gasteiger partial charge on any atom is -1.00 e. The van der Waals surface area contributed by atoms with Crippen LogP contribution in [0.3, 0.4) is 0 Å². The Morgan fingerprint density at radius 3 is 1.55 bits per heavy atom. The Morgan fingerprint density at radius 2 is 1.11 bits per heavy atom. The van der Waals surface area contributed by atoms with Crippen LogP contribution in [0.15, 0.2) is 52.7 Å². The fraction of sp³-hybridized carbons (Fsp3) is 0.825. The van der Waals surface area contributed by atoms with Crippen LogP contribution in [0.1, 0.15) is 278 Å². The first-order chi connectivity index (χ1) is 44.2. The van der Waals surface area contributed by atoms with Crippen molar-refractivity contribution in [1.82, 2.24) is 14.9 Å². The number of halogens is 2. The number of nitrogens with zero attached hydrogens (tertiary/aromatic N) is 3. The fourth-order valence-electron chi connectivity index (χ4n) is 21.8. The summed E-state index contributed by atoms with van der Waals surface area (Å²) in [4.78, 5) is 60.9. The van der Waals surface area contributed by atoms with Gasteiger partial charge in [0.1, 0.15) is 47.7 Å². The molecule has 0 aromatic carbocycles. The lowest BCUT2D eigenvalue weighted by molar-refractivity contribution is -0.448. The summed E-state index contributed by atoms with van der Waals surface area (Å²) in [7, 11) is 0. The van der Waals surface area contributed by atoms with E-state index in [4.69, 9.17) is 18.9 Å². The summed E-state index contributed by atoms with van der Waals surface area (Å²) < 4.78 is 24.5. The summed E-state index contributed by atoms with van der Waals surface area (Å²) in [5.41, 5.74) is 8.45. The standard InChI is InChI=1S/C45H73N3O6.C35H57N3O2.2ClH/c1-13-30(28(2)3)15-14-29(4)35-18-19-36-34-17-16-31-24-33(20-22-44(31,11)37(34)21-23-45(35,36)12)52-39(49)38(47-40(50)53-42(5,6)7)25-32-26-48(27-46-32)41(51)54-43(8,9)10;1-7-24(22(2)3)9-8-23(4)29-12-13-30-28-11-10-25-18-27(40-33(39)32(36)19-26-20-37-21-38-26)14-16-34(25,5)31(28)15-17-35(29,30)6;;/h16,26-30,33-38H,13-15,17-25H2,1-12H3,(H,47,50);10,20-24,27-32H,7-9,11-19,36H2,1-6H3,(H,37,38);2*1H/t29-,30-,33+,34?,35?,36?,37?,38?,44+,45-;23-,24-,27+,28?,29?,30?,31?,32?,34+,35-;;/m11../s1. The quantitative estimate of drug-likeness (QED) is 0.0610. The Bertz CT molecular complexity index is 2920. The maximum Gasteiger partial charge on any atom is 0.419 e. The normalized spacial score (nSPS) is 33.9. The smallest absolute Gasteiger partial charge is 0.419 e. The summed E-state index contributed by atoms with van der Waals surface area (Å²) in [5.74, 6) is 10.7. The molecule has 0 spiro atoms. The molecule has 96 heavy (non-hydrogen) atoms. The van der Waals surface area contributed by atoms with Gasteiger partial charge >= 0.3 is 24.1 Å². The SMILES string of the molecule is CC[C@H](CC[C@@H](C)C1CCC2C3CC=C4C[C@@H](OC(=O)C(Cc5cn(C(=O)OC(C)(C)C)cn5)NC(=O)OC(C)(C)C)CC[C@]4(C)C3CC[C@@]21C)C(C)C.CC[C@H](CC[C@@H](C)C1CCC2C3CC=C4C[C@@H](OC(=O)C([NH3+])CC5=C[NH2+]C=N5)CC[C@]4(C)C3CC[C@@]21C)C(C)C.[Cl-].[Cl-]. The van der Waals surface area contributed by atoms with Crippen molar-refractivity contribution in [3.8, 4) is 0 Å². The number of quaternary nitrogens is 2. The Hall–Kier alpha value is -3.72. The van der Waals surface area contributed by atoms with Gasteiger partial charge in [0.2, 0.25) is 0 Å². The van der Waals surface area contributed by atoms with E-state index in [0.29, 0.717) is 28.9 Å². The van der Waals surface area contributed by atoms with E-state index in [9.17, 15) is 19.2 Å². The van der Waals surface area contributed by atoms with E-state index < -0.39 is 35.4 Å². The predicted molar refractivity (Wildman–Crippen MR) is 375 cm³/mol. The van der Waals surface area contributed by atoms with E-state index in [1.165, 1.54) is 119 Å². The second-order valence-corrected chi connectivity index (χ2v) is 35.7. The van der Waals surface area contributed by atoms with Gasteiger partial charge < -0.3 is 54.8 Å². The third-order valence-electron chi connectivity index (χ3n) is 27.2. The predicted octanol–water partition coefficient (Wildman–Crippen LogP) is 10.7. The first-order valence-electron chi connectivity index (χ1n) is 38.1. The maximum absolute atomic E-state index is 13.9. The van der Waals surface area contributed by atoms with Crippen LogP contribution >= 0.6 is 0 Å². The molecule has 14 nitrogen and oxygen atoms in total. The van der Waals surface area contributed by atoms with Crippen molar-refractivity contribution in [2.75, 3.05) is 0 Å². The van der Waals surface area contributed by atoms with Crippen LogP contribution in [0.4, 0.5) is 9.59 Å². The van der Waals surface area contributed by atoms with Crippen LogP contribution in [0, 0.1) is 105 Å². The molecule has 1 amide bonds. The van der Waals surface area contributed by atoms with Crippen molar-refractivity contribution in [3.63, 3.8) is 0 Å². The van der Waals surface area contributed by atoms with Crippen molar-refractivity contribution in [2.45, 2.75) is 314 Å². The number of hydrogen-bond donors (Lipinski definition) is 3. The molecule has 8 aliphatic carbocycles. The van der Waals surface area contributed by atoms with E-state index in [0.717, 1.165) is 128 Å². The number of carbonyl (C=O) groups is 4. The number of aliphatic imine (C=N–C) groups is 1. The molecule has 6 saturated carbocycles. The monoisotopic (exact) mass is 1370 g/mol. The molecule has 1 aromatic heterocycles. The van der Waals surface area contributed by atoms with Crippen LogP contribution in [0.25, 0.3) is 0 Å². The number of hydrogen-bond acceptors (Lipinski definition) is 10. The molecule has 10 unspecified atom stereocenters. The number of allylic oxidation sites excluding steroid dienone is 2. The van der Waals surface area contributed by atoms with Crippen molar-refractivity contribution < 1.29 is 74.0 Å². The van der Waals surface area contributed by atoms with Crippen LogP contribution in [0.2, 0.25) is 0 Å². The van der Waals surface area contributed by atoms with E-state index in [1.807, 2.05) is 11.5 Å². The lowest BCUT2D eigenvalue weighted by Crippen LogP contribution is -3.00. The van der Waals surface area contributed by atoms with Crippen molar-refractivity contribution in [3.05, 3.63) is 53.4 Å². The number of esters is 2. The minimum absolute atomic E-state index is 0. The second kappa shape index (κ2) is 32.5. The highest BCUT2D eigenvalue weighted by Gasteiger charge is 2.61. The summed E-state index contributed by atoms with van der Waals surface area (Å²) in [6, 6.07) is -1.42. The molecule has 20 atom stereocenters. The molecule has 6 fully saturated rings. The van der Waals surface area contributed by atoms with Gasteiger partial charge in [-0.25, -0.2) is 33.7 Å². The van der Waals surface area contributed by atoms with Crippen LogP contribution < -0.4 is 41.2 Å². The van der Waals surface area contributed by atoms with E-state index in [-0.39, 0.29) is 66.3 Å². The van der Waals surface area contributed by atoms with Gasteiger partial charge in [0.25, 0.3) is 0 Å². The Labute approximate surface area is 593 Å². The van der Waals surface area contributed by atoms with E-state index in [1.54, 1.807) is 53.5 Å². The number of imidazole rings is 1. The van der Waals surface area contributed by atoms with Gasteiger partial charge in [0, 0.05) is 25.5 Å². The minimum atomic E-state index is -1.04. The average molecular weight is 1380 g/mol. The molecule has 0 saturated heterocycles. The molecular formula is C80H132Cl2N6O8. The van der Waals surface area contributed by atoms with Gasteiger partial charge in [-0.2, -0.15) is 0 Å². The van der Waals surface area contributed by atoms with E-state index in [2.05, 4.69) is 116 Å². The Morgan fingerprint density at radius 1 is 0.635 bits per heavy atom. The third-order valence-corrected chi connectivity index (χ3v) is 27.2. The number of aromatic nitrogens is 2. The molecule has 9 aliphatic rings. The van der Waals surface area contributed by atoms with E-state index >= 15 is 0 Å². The number of carbonyl (C=O) groups excluding carboxylic acids is 4. The first-order valence-corrected chi connectivity index (χ1v) is 38.1. The Balaban J connectivity index is 0.000000276. The number of amides is 1. The molecule has 544 valence electrons. The zero-order chi connectivity index (χ0) is 68.5. The highest BCUT2D eigenvalue weighted by Crippen LogP contribution is 2.69. The molecule has 0 bridgehead atoms. The molecule has 1 aromatic rings. The van der Waals surface area contributed by atoms with Crippen molar-refractivity contribution >= 4 is 30.5 Å². The highest BCUT2D eigenvalue weighted by atomic mass is 35.5. The summed E-state index contributed by atoms with van der Waals surface area (Å²) in [5, 5.41) is 4.64. The number of nitrogens with two attached hydrogens (primary N) is 1. The van der Waals surface area contributed by atoms with Gasteiger partial charge in [-0.3, -0.25) is 5.32 Å². The highest BCUT2D eigenvalue weighted by molar-refractivity contribution is 5.82. The summed E-state index contributed by atoms with van der Waals surface area (Å²) in [6.07, 6.45) is 38.0. The molecule has 2 heterocycles. The van der Waals surface area contributed by atoms with Gasteiger partial charge in [0.05, 0.1) is 12.1 Å². The molecule has 16 heteroatoms. The average Bonchev–Trinajstić information content (AvgIpc) is 1.38. The number of rotatable bonds is 21. The first kappa shape index (κ1) is 79.6. The second-order valence-electron chi connectivity index (χ2n) is 35.7. The topological polar surface area (TPSA) is 192 Å². The van der Waals surface area contributed by atoms with Crippen molar-refractivity contribution in [2.24, 2.45) is 110 Å². The molecule has 6 N–H and O–H groups in total. The zero-order valence-corrected chi connectivity index (χ0v) is 64.5. The Kier molecular flexibility index (Phi) is 27.0. The van der Waals surface area contributed by atoms with Gasteiger partial charge in [-0.1, -0.05) is 132 Å². The van der Waals surface area contributed by atoms with Crippen LogP contribution in [-0.2, 0) is 35.0 Å². The molecular weight excluding hydrogens is 1240 g/mol. The van der Waals surface area contributed by atoms with Gasteiger partial charge in [-0.15, -0.1) is 0 Å². The molecule has 0 radical (unpaired) electrons. The largest absolute Gasteiger partial charge is 1.00 e. The van der Waals surface area contributed by atoms with Gasteiger partial charge in [-0.05, 0) is 249 Å². The number of fused-ring (bicyclic) bond motifs is 10. The summed E-state index contributed by atoms with van der Waals surface area (Å²) in [6.45, 7) is 40.6. The maximum atomic E-state index is 13.9.